The molecule has 1 heterocycles. The summed E-state index contributed by atoms with van der Waals surface area (Å²) in [4.78, 5) is 0. The van der Waals surface area contributed by atoms with Gasteiger partial charge in [-0.25, -0.2) is 0 Å². The molecule has 0 N–H and O–H groups in total. The Morgan fingerprint density at radius 2 is 2.45 bits per heavy atom. The van der Waals surface area contributed by atoms with Crippen LogP contribution in [0.2, 0.25) is 0 Å². The summed E-state index contributed by atoms with van der Waals surface area (Å²) in [6.07, 6.45) is 8.14. The molecule has 2 heteroatoms. The van der Waals surface area contributed by atoms with Gasteiger partial charge in [-0.1, -0.05) is 13.3 Å². The van der Waals surface area contributed by atoms with Gasteiger partial charge < -0.3 is 9.47 Å². The van der Waals surface area contributed by atoms with Crippen LogP contribution in [0.5, 0.6) is 0 Å². The van der Waals surface area contributed by atoms with E-state index in [4.69, 9.17) is 9.47 Å². The lowest BCUT2D eigenvalue weighted by Crippen LogP contribution is -2.13. The summed E-state index contributed by atoms with van der Waals surface area (Å²) in [6.45, 7) is 2.97. The summed E-state index contributed by atoms with van der Waals surface area (Å²) < 4.78 is 10.7. The van der Waals surface area contributed by atoms with Crippen molar-refractivity contribution in [1.29, 1.82) is 0 Å². The van der Waals surface area contributed by atoms with Crippen molar-refractivity contribution in [2.75, 3.05) is 6.61 Å². The highest BCUT2D eigenvalue weighted by atomic mass is 16.7. The SMILES string of the molecule is CCCC[C@H]1OC=CCCO1. The van der Waals surface area contributed by atoms with Crippen LogP contribution in [-0.4, -0.2) is 12.9 Å². The zero-order valence-electron chi connectivity index (χ0n) is 7.08. The first kappa shape index (κ1) is 8.60. The van der Waals surface area contributed by atoms with Gasteiger partial charge in [-0.15, -0.1) is 0 Å². The zero-order valence-corrected chi connectivity index (χ0v) is 7.08. The minimum Gasteiger partial charge on any atom is -0.473 e. The Labute approximate surface area is 68.2 Å². The Hall–Kier alpha value is -0.500. The smallest absolute Gasteiger partial charge is 0.198 e. The maximum atomic E-state index is 5.42. The fourth-order valence-electron chi connectivity index (χ4n) is 1.04. The lowest BCUT2D eigenvalue weighted by Gasteiger charge is -2.14. The van der Waals surface area contributed by atoms with Gasteiger partial charge in [-0.05, 0) is 18.9 Å². The van der Waals surface area contributed by atoms with Crippen molar-refractivity contribution >= 4 is 0 Å². The molecule has 1 atom stereocenters. The Morgan fingerprint density at radius 3 is 3.27 bits per heavy atom. The predicted octanol–water partition coefficient (Wildman–Crippen LogP) is 2.45. The van der Waals surface area contributed by atoms with Crippen LogP contribution < -0.4 is 0 Å². The average molecular weight is 156 g/mol. The van der Waals surface area contributed by atoms with E-state index in [-0.39, 0.29) is 6.29 Å². The third-order valence-corrected chi connectivity index (χ3v) is 1.71. The molecule has 1 rings (SSSR count). The molecule has 1 aliphatic rings. The van der Waals surface area contributed by atoms with Crippen LogP contribution in [0, 0.1) is 0 Å². The van der Waals surface area contributed by atoms with Gasteiger partial charge in [0.05, 0.1) is 12.9 Å². The Bertz CT molecular complexity index is 121. The van der Waals surface area contributed by atoms with Crippen LogP contribution in [0.25, 0.3) is 0 Å². The summed E-state index contributed by atoms with van der Waals surface area (Å²) in [5.74, 6) is 0. The topological polar surface area (TPSA) is 18.5 Å². The number of rotatable bonds is 3. The highest BCUT2D eigenvalue weighted by Gasteiger charge is 2.08. The summed E-state index contributed by atoms with van der Waals surface area (Å²) in [6, 6.07) is 0. The second-order valence-electron chi connectivity index (χ2n) is 2.74. The fourth-order valence-corrected chi connectivity index (χ4v) is 1.04. The van der Waals surface area contributed by atoms with E-state index < -0.39 is 0 Å². The minimum absolute atomic E-state index is 0.00806. The number of ether oxygens (including phenoxy) is 2. The van der Waals surface area contributed by atoms with Gasteiger partial charge >= 0.3 is 0 Å². The molecule has 0 aromatic heterocycles. The first-order valence-electron chi connectivity index (χ1n) is 4.35. The predicted molar refractivity (Wildman–Crippen MR) is 44.1 cm³/mol. The van der Waals surface area contributed by atoms with E-state index in [9.17, 15) is 0 Å². The first-order chi connectivity index (χ1) is 5.43. The minimum atomic E-state index is 0.00806. The number of hydrogen-bond acceptors (Lipinski definition) is 2. The molecule has 64 valence electrons. The molecule has 0 aromatic rings. The highest BCUT2D eigenvalue weighted by Crippen LogP contribution is 2.10. The van der Waals surface area contributed by atoms with Crippen LogP contribution in [0.15, 0.2) is 12.3 Å². The summed E-state index contributed by atoms with van der Waals surface area (Å²) in [5.41, 5.74) is 0. The van der Waals surface area contributed by atoms with Crippen molar-refractivity contribution in [1.82, 2.24) is 0 Å². The van der Waals surface area contributed by atoms with Crippen LogP contribution in [0.1, 0.15) is 32.6 Å². The van der Waals surface area contributed by atoms with Crippen molar-refractivity contribution in [2.45, 2.75) is 38.9 Å². The highest BCUT2D eigenvalue weighted by molar-refractivity contribution is 4.75. The second kappa shape index (κ2) is 5.19. The lowest BCUT2D eigenvalue weighted by molar-refractivity contribution is -0.103. The summed E-state index contributed by atoms with van der Waals surface area (Å²) in [5, 5.41) is 0. The lowest BCUT2D eigenvalue weighted by atomic mass is 10.2. The fraction of sp³-hybridized carbons (Fsp3) is 0.778. The molecule has 0 bridgehead atoms. The Kier molecular flexibility index (Phi) is 4.06. The van der Waals surface area contributed by atoms with Gasteiger partial charge in [0.25, 0.3) is 0 Å². The van der Waals surface area contributed by atoms with E-state index in [1.54, 1.807) is 6.26 Å². The third kappa shape index (κ3) is 3.42. The van der Waals surface area contributed by atoms with E-state index in [1.807, 2.05) is 6.08 Å². The van der Waals surface area contributed by atoms with Crippen LogP contribution in [0.3, 0.4) is 0 Å². The van der Waals surface area contributed by atoms with Crippen molar-refractivity contribution in [2.24, 2.45) is 0 Å². The Morgan fingerprint density at radius 1 is 1.55 bits per heavy atom. The molecule has 0 fully saturated rings. The van der Waals surface area contributed by atoms with Gasteiger partial charge in [0.1, 0.15) is 0 Å². The normalized spacial score (nSPS) is 24.3. The number of hydrogen-bond donors (Lipinski definition) is 0. The standard InChI is InChI=1S/C9H16O2/c1-2-3-6-9-10-7-4-5-8-11-9/h4,7,9H,2-3,5-6,8H2,1H3/t9-/m0/s1. The Balaban J connectivity index is 2.16. The molecule has 2 nitrogen and oxygen atoms in total. The second-order valence-corrected chi connectivity index (χ2v) is 2.74. The summed E-state index contributed by atoms with van der Waals surface area (Å²) >= 11 is 0. The molecule has 0 aromatic carbocycles. The number of unbranched alkanes of at least 4 members (excludes halogenated alkanes) is 1. The molecule has 0 unspecified atom stereocenters. The van der Waals surface area contributed by atoms with Crippen molar-refractivity contribution in [3.8, 4) is 0 Å². The maximum Gasteiger partial charge on any atom is 0.198 e. The third-order valence-electron chi connectivity index (χ3n) is 1.71. The largest absolute Gasteiger partial charge is 0.473 e. The van der Waals surface area contributed by atoms with E-state index in [2.05, 4.69) is 6.92 Å². The van der Waals surface area contributed by atoms with Gasteiger partial charge in [0.2, 0.25) is 0 Å². The molecule has 0 aliphatic carbocycles. The molecular formula is C9H16O2. The summed E-state index contributed by atoms with van der Waals surface area (Å²) in [7, 11) is 0. The molecule has 0 spiro atoms. The van der Waals surface area contributed by atoms with Gasteiger partial charge in [-0.2, -0.15) is 0 Å². The molecule has 0 amide bonds. The molecule has 0 saturated carbocycles. The van der Waals surface area contributed by atoms with Crippen molar-refractivity contribution in [3.05, 3.63) is 12.3 Å². The van der Waals surface area contributed by atoms with E-state index in [0.29, 0.717) is 0 Å². The average Bonchev–Trinajstić information content (AvgIpc) is 2.28. The molecule has 11 heavy (non-hydrogen) atoms. The van der Waals surface area contributed by atoms with Crippen LogP contribution in [-0.2, 0) is 9.47 Å². The van der Waals surface area contributed by atoms with E-state index in [1.165, 1.54) is 12.8 Å². The van der Waals surface area contributed by atoms with Gasteiger partial charge in [0, 0.05) is 6.42 Å². The van der Waals surface area contributed by atoms with E-state index >= 15 is 0 Å². The van der Waals surface area contributed by atoms with Crippen molar-refractivity contribution < 1.29 is 9.47 Å². The monoisotopic (exact) mass is 156 g/mol. The van der Waals surface area contributed by atoms with E-state index in [0.717, 1.165) is 19.4 Å². The molecule has 0 saturated heterocycles. The zero-order chi connectivity index (χ0) is 7.94. The molecule has 1 aliphatic heterocycles. The first-order valence-corrected chi connectivity index (χ1v) is 4.35. The maximum absolute atomic E-state index is 5.42. The van der Waals surface area contributed by atoms with Crippen LogP contribution >= 0.6 is 0 Å². The van der Waals surface area contributed by atoms with Gasteiger partial charge in [-0.3, -0.25) is 0 Å². The quantitative estimate of drug-likeness (QED) is 0.625. The van der Waals surface area contributed by atoms with Gasteiger partial charge in [0.15, 0.2) is 6.29 Å². The molecule has 0 radical (unpaired) electrons. The van der Waals surface area contributed by atoms with Crippen LogP contribution in [0.4, 0.5) is 0 Å². The molecular weight excluding hydrogens is 140 g/mol. The van der Waals surface area contributed by atoms with Crippen molar-refractivity contribution in [3.63, 3.8) is 0 Å².